The van der Waals surface area contributed by atoms with Gasteiger partial charge in [0, 0.05) is 36.1 Å². The Hall–Kier alpha value is -3.68. The van der Waals surface area contributed by atoms with Gasteiger partial charge in [-0.05, 0) is 37.0 Å². The van der Waals surface area contributed by atoms with E-state index in [4.69, 9.17) is 4.98 Å². The van der Waals surface area contributed by atoms with Crippen molar-refractivity contribution in [3.05, 3.63) is 54.5 Å². The summed E-state index contributed by atoms with van der Waals surface area (Å²) in [4.78, 5) is 21.7. The number of carbonyl (C=O) groups excluding carboxylic acids is 1. The van der Waals surface area contributed by atoms with Gasteiger partial charge in [0.05, 0.1) is 17.6 Å². The molecule has 1 amide bonds. The molecule has 1 aliphatic carbocycles. The van der Waals surface area contributed by atoms with Gasteiger partial charge in [0.2, 0.25) is 0 Å². The van der Waals surface area contributed by atoms with E-state index < -0.39 is 0 Å². The van der Waals surface area contributed by atoms with Crippen LogP contribution in [0.4, 0.5) is 5.82 Å². The quantitative estimate of drug-likeness (QED) is 0.427. The van der Waals surface area contributed by atoms with Gasteiger partial charge in [0.15, 0.2) is 11.5 Å². The lowest BCUT2D eigenvalue weighted by molar-refractivity contribution is 0.0951. The smallest absolute Gasteiger partial charge is 0.251 e. The van der Waals surface area contributed by atoms with Crippen LogP contribution in [0.5, 0.6) is 0 Å². The van der Waals surface area contributed by atoms with Crippen molar-refractivity contribution in [1.29, 1.82) is 0 Å². The zero-order valence-corrected chi connectivity index (χ0v) is 17.6. The Kier molecular flexibility index (Phi) is 4.89. The van der Waals surface area contributed by atoms with Crippen LogP contribution in [0, 0.1) is 5.92 Å². The number of fused-ring (bicyclic) bond motifs is 1. The minimum Gasteiger partial charge on any atom is -0.367 e. The molecular weight excluding hydrogens is 390 g/mol. The third kappa shape index (κ3) is 4.01. The molecule has 1 fully saturated rings. The van der Waals surface area contributed by atoms with Crippen molar-refractivity contribution in [3.8, 4) is 22.6 Å². The number of benzene rings is 1. The van der Waals surface area contributed by atoms with Crippen LogP contribution >= 0.6 is 0 Å². The Morgan fingerprint density at radius 3 is 2.71 bits per heavy atom. The second-order valence-corrected chi connectivity index (χ2v) is 8.38. The molecule has 1 saturated carbocycles. The number of rotatable bonds is 7. The van der Waals surface area contributed by atoms with E-state index in [1.165, 1.54) is 0 Å². The molecular formula is C23H25N7O. The summed E-state index contributed by atoms with van der Waals surface area (Å²) in [6, 6.07) is 9.88. The maximum absolute atomic E-state index is 12.3. The summed E-state index contributed by atoms with van der Waals surface area (Å²) >= 11 is 0. The Morgan fingerprint density at radius 1 is 1.23 bits per heavy atom. The SMILES string of the molecule is CC(C)CNc1nc(-c2ccn[nH]2)cn2c(-c3ccc(C(=O)NC4CC4)cc3)cnc12. The number of nitrogens with zero attached hydrogens (tertiary/aromatic N) is 4. The number of anilines is 1. The first kappa shape index (κ1) is 19.3. The summed E-state index contributed by atoms with van der Waals surface area (Å²) in [5, 5.41) is 13.5. The van der Waals surface area contributed by atoms with Gasteiger partial charge in [-0.25, -0.2) is 9.97 Å². The van der Waals surface area contributed by atoms with Gasteiger partial charge in [0.1, 0.15) is 5.69 Å². The number of hydrogen-bond donors (Lipinski definition) is 3. The lowest BCUT2D eigenvalue weighted by Crippen LogP contribution is -2.25. The van der Waals surface area contributed by atoms with Crippen LogP contribution in [0.15, 0.2) is 48.9 Å². The molecule has 0 bridgehead atoms. The van der Waals surface area contributed by atoms with Crippen LogP contribution in [0.2, 0.25) is 0 Å². The summed E-state index contributed by atoms with van der Waals surface area (Å²) in [6.07, 6.45) is 7.66. The Balaban J connectivity index is 1.53. The molecule has 3 N–H and O–H groups in total. The number of H-pyrrole nitrogens is 1. The van der Waals surface area contributed by atoms with Crippen molar-refractivity contribution in [2.24, 2.45) is 5.92 Å². The van der Waals surface area contributed by atoms with Gasteiger partial charge in [-0.15, -0.1) is 0 Å². The fourth-order valence-corrected chi connectivity index (χ4v) is 3.44. The van der Waals surface area contributed by atoms with Gasteiger partial charge in [-0.2, -0.15) is 5.10 Å². The number of nitrogens with one attached hydrogen (secondary N) is 3. The molecule has 5 rings (SSSR count). The minimum absolute atomic E-state index is 0.0157. The van der Waals surface area contributed by atoms with Crippen LogP contribution in [0.1, 0.15) is 37.0 Å². The second-order valence-electron chi connectivity index (χ2n) is 8.38. The first-order valence-electron chi connectivity index (χ1n) is 10.6. The van der Waals surface area contributed by atoms with Gasteiger partial charge < -0.3 is 10.6 Å². The summed E-state index contributed by atoms with van der Waals surface area (Å²) in [6.45, 7) is 5.10. The lowest BCUT2D eigenvalue weighted by Gasteiger charge is -2.12. The van der Waals surface area contributed by atoms with Crippen molar-refractivity contribution in [2.75, 3.05) is 11.9 Å². The van der Waals surface area contributed by atoms with Crippen molar-refractivity contribution in [3.63, 3.8) is 0 Å². The molecule has 0 unspecified atom stereocenters. The third-order valence-corrected chi connectivity index (χ3v) is 5.30. The number of hydrogen-bond acceptors (Lipinski definition) is 5. The lowest BCUT2D eigenvalue weighted by atomic mass is 10.1. The van der Waals surface area contributed by atoms with E-state index in [9.17, 15) is 4.79 Å². The normalized spacial score (nSPS) is 13.6. The van der Waals surface area contributed by atoms with Crippen LogP contribution < -0.4 is 10.6 Å². The van der Waals surface area contributed by atoms with Crippen molar-refractivity contribution in [1.82, 2.24) is 29.9 Å². The van der Waals surface area contributed by atoms with Gasteiger partial charge in [-0.1, -0.05) is 26.0 Å². The number of aromatic nitrogens is 5. The van der Waals surface area contributed by atoms with Gasteiger partial charge in [0.25, 0.3) is 5.91 Å². The molecule has 3 aromatic heterocycles. The van der Waals surface area contributed by atoms with E-state index in [-0.39, 0.29) is 5.91 Å². The van der Waals surface area contributed by atoms with E-state index >= 15 is 0 Å². The molecule has 8 nitrogen and oxygen atoms in total. The molecule has 8 heteroatoms. The Morgan fingerprint density at radius 2 is 2.03 bits per heavy atom. The van der Waals surface area contributed by atoms with E-state index in [0.29, 0.717) is 17.5 Å². The molecule has 158 valence electrons. The fraction of sp³-hybridized carbons (Fsp3) is 0.304. The monoisotopic (exact) mass is 415 g/mol. The predicted octanol–water partition coefficient (Wildman–Crippen LogP) is 3.75. The molecule has 0 atom stereocenters. The van der Waals surface area contributed by atoms with Crippen LogP contribution in [0.25, 0.3) is 28.3 Å². The number of imidazole rings is 1. The van der Waals surface area contributed by atoms with E-state index in [0.717, 1.165) is 53.5 Å². The highest BCUT2D eigenvalue weighted by atomic mass is 16.1. The molecule has 4 aromatic rings. The number of amides is 1. The minimum atomic E-state index is -0.0157. The molecule has 31 heavy (non-hydrogen) atoms. The van der Waals surface area contributed by atoms with Crippen molar-refractivity contribution < 1.29 is 4.79 Å². The Bertz CT molecular complexity index is 1200. The van der Waals surface area contributed by atoms with E-state index in [2.05, 4.69) is 39.7 Å². The van der Waals surface area contributed by atoms with Crippen LogP contribution in [-0.2, 0) is 0 Å². The first-order valence-corrected chi connectivity index (χ1v) is 10.6. The molecule has 1 aliphatic rings. The standard InChI is InChI=1S/C23H25N7O/c1-14(2)11-24-21-22-25-12-20(30(22)13-19(28-21)18-9-10-26-29-18)15-3-5-16(6-4-15)23(31)27-17-7-8-17/h3-6,9-10,12-14,17H,7-8,11H2,1-2H3,(H,24,28)(H,26,29)(H,27,31). The highest BCUT2D eigenvalue weighted by Crippen LogP contribution is 2.27. The molecule has 0 radical (unpaired) electrons. The third-order valence-electron chi connectivity index (χ3n) is 5.30. The second kappa shape index (κ2) is 7.86. The maximum Gasteiger partial charge on any atom is 0.251 e. The molecule has 0 saturated heterocycles. The predicted molar refractivity (Wildman–Crippen MR) is 120 cm³/mol. The summed E-state index contributed by atoms with van der Waals surface area (Å²) in [5.41, 5.74) is 4.95. The fourth-order valence-electron chi connectivity index (χ4n) is 3.44. The van der Waals surface area contributed by atoms with Crippen molar-refractivity contribution >= 4 is 17.4 Å². The number of aromatic amines is 1. The largest absolute Gasteiger partial charge is 0.367 e. The number of carbonyl (C=O) groups is 1. The average molecular weight is 416 g/mol. The van der Waals surface area contributed by atoms with Crippen molar-refractivity contribution in [2.45, 2.75) is 32.7 Å². The molecule has 0 aliphatic heterocycles. The van der Waals surface area contributed by atoms with Gasteiger partial charge >= 0.3 is 0 Å². The molecule has 0 spiro atoms. The maximum atomic E-state index is 12.3. The van der Waals surface area contributed by atoms with Crippen LogP contribution in [0.3, 0.4) is 0 Å². The first-order chi connectivity index (χ1) is 15.1. The summed E-state index contributed by atoms with van der Waals surface area (Å²) < 4.78 is 2.03. The highest BCUT2D eigenvalue weighted by molar-refractivity contribution is 5.95. The van der Waals surface area contributed by atoms with Crippen LogP contribution in [-0.4, -0.2) is 43.1 Å². The van der Waals surface area contributed by atoms with E-state index in [1.54, 1.807) is 6.20 Å². The zero-order chi connectivity index (χ0) is 21.4. The Labute approximate surface area is 180 Å². The topological polar surface area (TPSA) is 100 Å². The molecule has 1 aromatic carbocycles. The average Bonchev–Trinajstić information content (AvgIpc) is 3.25. The van der Waals surface area contributed by atoms with Gasteiger partial charge in [-0.3, -0.25) is 14.3 Å². The molecule has 3 heterocycles. The zero-order valence-electron chi connectivity index (χ0n) is 17.6. The highest BCUT2D eigenvalue weighted by Gasteiger charge is 2.23. The summed E-state index contributed by atoms with van der Waals surface area (Å²) in [7, 11) is 0. The summed E-state index contributed by atoms with van der Waals surface area (Å²) in [5.74, 6) is 1.19. The van der Waals surface area contributed by atoms with E-state index in [1.807, 2.05) is 47.1 Å².